The Hall–Kier alpha value is -2.61. The number of benzene rings is 1. The molecule has 0 unspecified atom stereocenters. The number of aromatic nitrogens is 3. The van der Waals surface area contributed by atoms with Crippen LogP contribution in [-0.2, 0) is 12.7 Å². The van der Waals surface area contributed by atoms with Crippen molar-refractivity contribution in [1.82, 2.24) is 14.5 Å². The molecule has 1 aromatic carbocycles. The third-order valence-corrected chi connectivity index (χ3v) is 3.71. The van der Waals surface area contributed by atoms with Crippen LogP contribution >= 0.6 is 0 Å². The number of hydrogen-bond acceptors (Lipinski definition) is 3. The van der Waals surface area contributed by atoms with Gasteiger partial charge in [-0.15, -0.1) is 0 Å². The van der Waals surface area contributed by atoms with Crippen LogP contribution in [0.15, 0.2) is 41.3 Å². The summed E-state index contributed by atoms with van der Waals surface area (Å²) in [6, 6.07) is 7.30. The van der Waals surface area contributed by atoms with Gasteiger partial charge in [-0.25, -0.2) is 4.79 Å². The van der Waals surface area contributed by atoms with Gasteiger partial charge < -0.3 is 10.1 Å². The average Bonchev–Trinajstić information content (AvgIpc) is 2.80. The normalized spacial score (nSPS) is 12.7. The van der Waals surface area contributed by atoms with Crippen molar-refractivity contribution in [3.8, 4) is 11.1 Å². The second kappa shape index (κ2) is 5.73. The Kier molecular flexibility index (Phi) is 3.95. The quantitative estimate of drug-likeness (QED) is 0.761. The van der Waals surface area contributed by atoms with E-state index >= 15 is 0 Å². The number of nitrogens with one attached hydrogen (secondary N) is 1. The number of hydrogen-bond donors (Lipinski definition) is 2. The first-order valence-electron chi connectivity index (χ1n) is 7.53. The molecule has 0 aliphatic heterocycles. The largest absolute Gasteiger partial charge is 0.433 e. The van der Waals surface area contributed by atoms with E-state index in [0.29, 0.717) is 22.2 Å². The minimum absolute atomic E-state index is 0.0839. The Morgan fingerprint density at radius 1 is 1.16 bits per heavy atom. The van der Waals surface area contributed by atoms with Gasteiger partial charge in [0.1, 0.15) is 5.69 Å². The predicted molar refractivity (Wildman–Crippen MR) is 87.1 cm³/mol. The summed E-state index contributed by atoms with van der Waals surface area (Å²) in [6.45, 7) is 3.25. The minimum Gasteiger partial charge on any atom is -0.389 e. The summed E-state index contributed by atoms with van der Waals surface area (Å²) in [5, 5.41) is 9.98. The van der Waals surface area contributed by atoms with Gasteiger partial charge in [0.15, 0.2) is 0 Å². The molecule has 25 heavy (non-hydrogen) atoms. The number of halogens is 3. The van der Waals surface area contributed by atoms with Gasteiger partial charge in [0.25, 0.3) is 0 Å². The van der Waals surface area contributed by atoms with Gasteiger partial charge in [0.2, 0.25) is 0 Å². The van der Waals surface area contributed by atoms with Crippen LogP contribution in [0.5, 0.6) is 0 Å². The topological polar surface area (TPSA) is 70.9 Å². The molecular weight excluding hydrogens is 335 g/mol. The summed E-state index contributed by atoms with van der Waals surface area (Å²) >= 11 is 0. The van der Waals surface area contributed by atoms with E-state index in [-0.39, 0.29) is 12.2 Å². The van der Waals surface area contributed by atoms with E-state index in [0.717, 1.165) is 12.3 Å². The van der Waals surface area contributed by atoms with Gasteiger partial charge >= 0.3 is 11.9 Å². The van der Waals surface area contributed by atoms with Crippen LogP contribution in [-0.4, -0.2) is 25.2 Å². The standard InChI is InChI=1S/C17H16F3N3O2/c1-16(2,25)9-23-13-7-10(3-5-12(13)22-15(23)24)11-4-6-14(21-8-11)17(18,19)20/h3-8,25H,9H2,1-2H3,(H,22,24). The minimum atomic E-state index is -4.49. The third-order valence-electron chi connectivity index (χ3n) is 3.71. The molecule has 0 amide bonds. The van der Waals surface area contributed by atoms with Crippen LogP contribution in [0, 0.1) is 0 Å². The van der Waals surface area contributed by atoms with Gasteiger partial charge in [-0.2, -0.15) is 13.2 Å². The second-order valence-electron chi connectivity index (χ2n) is 6.49. The monoisotopic (exact) mass is 351 g/mol. The highest BCUT2D eigenvalue weighted by Gasteiger charge is 2.32. The van der Waals surface area contributed by atoms with Crippen molar-refractivity contribution in [3.05, 3.63) is 52.7 Å². The Balaban J connectivity index is 2.06. The van der Waals surface area contributed by atoms with Crippen molar-refractivity contribution in [3.63, 3.8) is 0 Å². The zero-order chi connectivity index (χ0) is 18.4. The maximum atomic E-state index is 12.6. The van der Waals surface area contributed by atoms with Crippen LogP contribution in [0.1, 0.15) is 19.5 Å². The van der Waals surface area contributed by atoms with E-state index in [4.69, 9.17) is 0 Å². The first-order valence-corrected chi connectivity index (χ1v) is 7.53. The van der Waals surface area contributed by atoms with Crippen molar-refractivity contribution < 1.29 is 18.3 Å². The van der Waals surface area contributed by atoms with Gasteiger partial charge in [0.05, 0.1) is 23.2 Å². The smallest absolute Gasteiger partial charge is 0.389 e. The van der Waals surface area contributed by atoms with E-state index in [1.165, 1.54) is 10.6 Å². The van der Waals surface area contributed by atoms with Crippen molar-refractivity contribution in [2.45, 2.75) is 32.2 Å². The van der Waals surface area contributed by atoms with Crippen LogP contribution in [0.3, 0.4) is 0 Å². The number of pyridine rings is 1. The molecule has 0 aliphatic carbocycles. The summed E-state index contributed by atoms with van der Waals surface area (Å²) in [5.41, 5.74) is -0.152. The van der Waals surface area contributed by atoms with Gasteiger partial charge in [-0.1, -0.05) is 12.1 Å². The molecule has 3 aromatic rings. The zero-order valence-corrected chi connectivity index (χ0v) is 13.6. The van der Waals surface area contributed by atoms with Crippen molar-refractivity contribution in [2.75, 3.05) is 0 Å². The Labute approximate surface area is 140 Å². The Morgan fingerprint density at radius 3 is 2.40 bits per heavy atom. The molecule has 0 bridgehead atoms. The number of fused-ring (bicyclic) bond motifs is 1. The summed E-state index contributed by atoms with van der Waals surface area (Å²) in [4.78, 5) is 18.2. The molecule has 0 spiro atoms. The molecule has 0 saturated carbocycles. The summed E-state index contributed by atoms with van der Waals surface area (Å²) in [5.74, 6) is 0. The molecule has 0 atom stereocenters. The Bertz CT molecular complexity index is 964. The molecule has 2 heterocycles. The highest BCUT2D eigenvalue weighted by molar-refractivity contribution is 5.82. The molecule has 3 rings (SSSR count). The van der Waals surface area contributed by atoms with Crippen LogP contribution in [0.25, 0.3) is 22.2 Å². The van der Waals surface area contributed by atoms with Crippen molar-refractivity contribution >= 4 is 11.0 Å². The molecule has 2 aromatic heterocycles. The second-order valence-corrected chi connectivity index (χ2v) is 6.49. The number of aromatic amines is 1. The third kappa shape index (κ3) is 3.58. The fraction of sp³-hybridized carbons (Fsp3) is 0.294. The fourth-order valence-corrected chi connectivity index (χ4v) is 2.61. The van der Waals surface area contributed by atoms with Gasteiger partial charge in [0, 0.05) is 11.8 Å². The van der Waals surface area contributed by atoms with E-state index in [1.807, 2.05) is 0 Å². The van der Waals surface area contributed by atoms with Crippen LogP contribution in [0.2, 0.25) is 0 Å². The number of H-pyrrole nitrogens is 1. The lowest BCUT2D eigenvalue weighted by molar-refractivity contribution is -0.141. The van der Waals surface area contributed by atoms with E-state index in [1.54, 1.807) is 32.0 Å². The summed E-state index contributed by atoms with van der Waals surface area (Å²) in [7, 11) is 0. The van der Waals surface area contributed by atoms with E-state index in [2.05, 4.69) is 9.97 Å². The van der Waals surface area contributed by atoms with Gasteiger partial charge in [-0.05, 0) is 37.6 Å². The fourth-order valence-electron chi connectivity index (χ4n) is 2.61. The van der Waals surface area contributed by atoms with E-state index in [9.17, 15) is 23.1 Å². The number of aliphatic hydroxyl groups is 1. The number of imidazole rings is 1. The molecule has 2 N–H and O–H groups in total. The molecular formula is C17H16F3N3O2. The summed E-state index contributed by atoms with van der Waals surface area (Å²) in [6.07, 6.45) is -3.34. The molecule has 5 nitrogen and oxygen atoms in total. The SMILES string of the molecule is CC(C)(O)Cn1c(=O)[nH]c2ccc(-c3ccc(C(F)(F)F)nc3)cc21. The summed E-state index contributed by atoms with van der Waals surface area (Å²) < 4.78 is 39.2. The zero-order valence-electron chi connectivity index (χ0n) is 13.6. The molecule has 0 radical (unpaired) electrons. The molecule has 8 heteroatoms. The molecule has 0 saturated heterocycles. The average molecular weight is 351 g/mol. The van der Waals surface area contributed by atoms with Crippen LogP contribution < -0.4 is 5.69 Å². The Morgan fingerprint density at radius 2 is 1.84 bits per heavy atom. The molecule has 0 aliphatic rings. The number of nitrogens with zero attached hydrogens (tertiary/aromatic N) is 2. The lowest BCUT2D eigenvalue weighted by Crippen LogP contribution is -2.31. The number of rotatable bonds is 3. The highest BCUT2D eigenvalue weighted by atomic mass is 19.4. The first kappa shape index (κ1) is 17.2. The number of alkyl halides is 3. The first-order chi connectivity index (χ1) is 11.5. The van der Waals surface area contributed by atoms with Crippen molar-refractivity contribution in [1.29, 1.82) is 0 Å². The maximum Gasteiger partial charge on any atom is 0.433 e. The lowest BCUT2D eigenvalue weighted by atomic mass is 10.1. The molecule has 132 valence electrons. The van der Waals surface area contributed by atoms with E-state index < -0.39 is 17.5 Å². The lowest BCUT2D eigenvalue weighted by Gasteiger charge is -2.17. The maximum absolute atomic E-state index is 12.6. The van der Waals surface area contributed by atoms with Gasteiger partial charge in [-0.3, -0.25) is 9.55 Å². The van der Waals surface area contributed by atoms with Crippen molar-refractivity contribution in [2.24, 2.45) is 0 Å². The highest BCUT2D eigenvalue weighted by Crippen LogP contribution is 2.29. The molecule has 0 fully saturated rings. The van der Waals surface area contributed by atoms with Crippen LogP contribution in [0.4, 0.5) is 13.2 Å². The predicted octanol–water partition coefficient (Wildman–Crippen LogP) is 3.18.